The first-order valence-corrected chi connectivity index (χ1v) is 13.3. The zero-order valence-corrected chi connectivity index (χ0v) is 23.9. The fourth-order valence-corrected chi connectivity index (χ4v) is 4.25. The Morgan fingerprint density at radius 3 is 2.36 bits per heavy atom. The van der Waals surface area contributed by atoms with E-state index in [0.717, 1.165) is 28.9 Å². The number of aliphatic carboxylic acids is 1. The summed E-state index contributed by atoms with van der Waals surface area (Å²) in [6, 6.07) is 17.0. The maximum absolute atomic E-state index is 14.9. The van der Waals surface area contributed by atoms with Gasteiger partial charge in [0, 0.05) is 41.7 Å². The summed E-state index contributed by atoms with van der Waals surface area (Å²) in [6.45, 7) is 2.57. The molecule has 14 heteroatoms. The van der Waals surface area contributed by atoms with E-state index in [4.69, 9.17) is 19.5 Å². The summed E-state index contributed by atoms with van der Waals surface area (Å²) in [6.07, 6.45) is -2.73. The third kappa shape index (κ3) is 8.10. The summed E-state index contributed by atoms with van der Waals surface area (Å²) in [5.74, 6) is -3.68. The van der Waals surface area contributed by atoms with Crippen LogP contribution in [-0.2, 0) is 27.4 Å². The van der Waals surface area contributed by atoms with Crippen LogP contribution in [0.3, 0.4) is 0 Å². The minimum Gasteiger partial charge on any atom is -0.475 e. The van der Waals surface area contributed by atoms with E-state index in [1.54, 1.807) is 55.6 Å². The van der Waals surface area contributed by atoms with Crippen LogP contribution in [0.15, 0.2) is 72.0 Å². The molecule has 5 rings (SSSR count). The number of carboxylic acids is 1. The number of aromatic nitrogens is 2. The Kier molecular flexibility index (Phi) is 9.96. The molecule has 3 heterocycles. The van der Waals surface area contributed by atoms with Crippen LogP contribution in [0.1, 0.15) is 44.5 Å². The number of oxime groups is 1. The van der Waals surface area contributed by atoms with E-state index in [2.05, 4.69) is 20.4 Å². The van der Waals surface area contributed by atoms with Crippen LogP contribution >= 0.6 is 0 Å². The normalized spacial score (nSPS) is 12.8. The monoisotopic (exact) mass is 626 g/mol. The van der Waals surface area contributed by atoms with Gasteiger partial charge >= 0.3 is 18.1 Å². The third-order valence-corrected chi connectivity index (χ3v) is 6.59. The zero-order chi connectivity index (χ0) is 32.7. The van der Waals surface area contributed by atoms with Crippen molar-refractivity contribution in [2.24, 2.45) is 5.16 Å². The maximum Gasteiger partial charge on any atom is 0.490 e. The number of ether oxygens (including phenoxy) is 1. The van der Waals surface area contributed by atoms with Crippen LogP contribution in [0, 0.1) is 5.82 Å². The standard InChI is InChI=1S/C29H25FN4O4.C2HF3O2/c1-17(34-38-16-18-3-5-19(6-4-18)29(36)37-2)20-7-8-24(30)22(13-20)27-14-21(9-11-31-27)26-15-23-25(33-26)10-12-32-28(23)35;3-2(4,5)1(6)7/h3-9,11,13-15,33H,10,12,16H2,1-2H3,(H,32,35);(H,6,7)/b34-17-;. The first-order chi connectivity index (χ1) is 21.4. The molecular weight excluding hydrogens is 600 g/mol. The number of halogens is 4. The molecule has 2 aromatic heterocycles. The van der Waals surface area contributed by atoms with Crippen molar-refractivity contribution in [3.63, 3.8) is 0 Å². The van der Waals surface area contributed by atoms with Gasteiger partial charge in [0.15, 0.2) is 0 Å². The molecule has 0 bridgehead atoms. The lowest BCUT2D eigenvalue weighted by molar-refractivity contribution is -0.192. The number of amides is 1. The molecule has 0 atom stereocenters. The number of benzene rings is 2. The summed E-state index contributed by atoms with van der Waals surface area (Å²) < 4.78 is 51.3. The number of H-pyrrole nitrogens is 1. The van der Waals surface area contributed by atoms with Crippen molar-refractivity contribution in [1.82, 2.24) is 15.3 Å². The van der Waals surface area contributed by atoms with E-state index in [1.165, 1.54) is 13.2 Å². The Labute approximate surface area is 253 Å². The molecule has 1 aliphatic heterocycles. The van der Waals surface area contributed by atoms with Crippen molar-refractivity contribution in [3.05, 3.63) is 101 Å². The van der Waals surface area contributed by atoms with Crippen molar-refractivity contribution < 1.29 is 46.6 Å². The number of alkyl halides is 3. The average Bonchev–Trinajstić information content (AvgIpc) is 3.47. The number of nitrogens with one attached hydrogen (secondary N) is 2. The summed E-state index contributed by atoms with van der Waals surface area (Å²) in [4.78, 5) is 45.8. The first kappa shape index (κ1) is 32.4. The molecule has 45 heavy (non-hydrogen) atoms. The lowest BCUT2D eigenvalue weighted by atomic mass is 10.0. The minimum absolute atomic E-state index is 0.100. The molecule has 0 fully saturated rings. The first-order valence-electron chi connectivity index (χ1n) is 13.3. The molecule has 1 aliphatic rings. The van der Waals surface area contributed by atoms with Gasteiger partial charge in [0.1, 0.15) is 12.4 Å². The lowest BCUT2D eigenvalue weighted by Gasteiger charge is -2.11. The predicted molar refractivity (Wildman–Crippen MR) is 154 cm³/mol. The number of pyridine rings is 1. The third-order valence-electron chi connectivity index (χ3n) is 6.59. The summed E-state index contributed by atoms with van der Waals surface area (Å²) in [7, 11) is 1.33. The fraction of sp³-hybridized carbons (Fsp3) is 0.194. The molecule has 1 amide bonds. The van der Waals surface area contributed by atoms with Crippen molar-refractivity contribution in [1.29, 1.82) is 0 Å². The van der Waals surface area contributed by atoms with E-state index in [9.17, 15) is 27.2 Å². The number of nitrogens with zero attached hydrogens (tertiary/aromatic N) is 2. The van der Waals surface area contributed by atoms with Crippen LogP contribution in [0.4, 0.5) is 17.6 Å². The van der Waals surface area contributed by atoms with Gasteiger partial charge in [0.05, 0.1) is 29.6 Å². The SMILES string of the molecule is COC(=O)c1ccc(CO/N=C(/C)c2ccc(F)c(-c3cc(-c4cc5c([nH]4)CCNC5=O)ccn3)c2)cc1.O=C(O)C(F)(F)F. The number of esters is 1. The van der Waals surface area contributed by atoms with Gasteiger partial charge < -0.3 is 25.0 Å². The lowest BCUT2D eigenvalue weighted by Crippen LogP contribution is -2.31. The van der Waals surface area contributed by atoms with Gasteiger partial charge in [-0.05, 0) is 60.5 Å². The van der Waals surface area contributed by atoms with E-state index in [-0.39, 0.29) is 12.5 Å². The maximum atomic E-state index is 14.9. The molecule has 234 valence electrons. The highest BCUT2D eigenvalue weighted by Crippen LogP contribution is 2.29. The van der Waals surface area contributed by atoms with Gasteiger partial charge in [-0.2, -0.15) is 13.2 Å². The van der Waals surface area contributed by atoms with Gasteiger partial charge in [-0.1, -0.05) is 23.4 Å². The van der Waals surface area contributed by atoms with E-state index in [1.807, 2.05) is 12.1 Å². The van der Waals surface area contributed by atoms with Crippen LogP contribution < -0.4 is 5.32 Å². The predicted octanol–water partition coefficient (Wildman–Crippen LogP) is 5.53. The van der Waals surface area contributed by atoms with Crippen LogP contribution in [0.2, 0.25) is 0 Å². The molecule has 0 saturated heterocycles. The van der Waals surface area contributed by atoms with Crippen LogP contribution in [-0.4, -0.2) is 58.5 Å². The van der Waals surface area contributed by atoms with Gasteiger partial charge in [-0.15, -0.1) is 0 Å². The zero-order valence-electron chi connectivity index (χ0n) is 23.9. The summed E-state index contributed by atoms with van der Waals surface area (Å²) in [5, 5.41) is 14.1. The molecule has 0 radical (unpaired) electrons. The largest absolute Gasteiger partial charge is 0.490 e. The smallest absolute Gasteiger partial charge is 0.475 e. The highest BCUT2D eigenvalue weighted by Gasteiger charge is 2.38. The second-order valence-corrected chi connectivity index (χ2v) is 9.65. The number of hydrogen-bond donors (Lipinski definition) is 3. The highest BCUT2D eigenvalue weighted by atomic mass is 19.4. The Hall–Kier alpha value is -5.53. The number of methoxy groups -OCH3 is 1. The Balaban J connectivity index is 0.000000591. The molecule has 10 nitrogen and oxygen atoms in total. The number of carbonyl (C=O) groups excluding carboxylic acids is 2. The number of carboxylic acid groups (broad SMARTS) is 1. The number of hydrogen-bond acceptors (Lipinski definition) is 7. The molecular formula is C31H26F4N4O6. The highest BCUT2D eigenvalue weighted by molar-refractivity contribution is 5.99. The number of fused-ring (bicyclic) bond motifs is 1. The van der Waals surface area contributed by atoms with E-state index < -0.39 is 23.9 Å². The van der Waals surface area contributed by atoms with Crippen molar-refractivity contribution >= 4 is 23.6 Å². The van der Waals surface area contributed by atoms with Crippen molar-refractivity contribution in [2.45, 2.75) is 26.1 Å². The fourth-order valence-electron chi connectivity index (χ4n) is 4.25. The molecule has 3 N–H and O–H groups in total. The Bertz CT molecular complexity index is 1750. The molecule has 0 spiro atoms. The van der Waals surface area contributed by atoms with Gasteiger partial charge in [-0.3, -0.25) is 9.78 Å². The average molecular weight is 627 g/mol. The van der Waals surface area contributed by atoms with E-state index >= 15 is 0 Å². The Morgan fingerprint density at radius 1 is 1.02 bits per heavy atom. The number of rotatable bonds is 7. The van der Waals surface area contributed by atoms with Crippen LogP contribution in [0.5, 0.6) is 0 Å². The molecule has 0 saturated carbocycles. The number of carbonyl (C=O) groups is 3. The van der Waals surface area contributed by atoms with Crippen LogP contribution in [0.25, 0.3) is 22.5 Å². The Morgan fingerprint density at radius 2 is 1.71 bits per heavy atom. The molecule has 0 aliphatic carbocycles. The van der Waals surface area contributed by atoms with Gasteiger partial charge in [0.2, 0.25) is 0 Å². The van der Waals surface area contributed by atoms with Gasteiger partial charge in [0.25, 0.3) is 5.91 Å². The van der Waals surface area contributed by atoms with E-state index in [0.29, 0.717) is 40.2 Å². The quantitative estimate of drug-likeness (QED) is 0.106. The molecule has 2 aromatic carbocycles. The van der Waals surface area contributed by atoms with Crippen molar-refractivity contribution in [2.75, 3.05) is 13.7 Å². The van der Waals surface area contributed by atoms with Gasteiger partial charge in [-0.25, -0.2) is 14.0 Å². The minimum atomic E-state index is -5.08. The second-order valence-electron chi connectivity index (χ2n) is 9.65. The molecule has 4 aromatic rings. The summed E-state index contributed by atoms with van der Waals surface area (Å²) >= 11 is 0. The van der Waals surface area contributed by atoms with Crippen molar-refractivity contribution in [3.8, 4) is 22.5 Å². The topological polar surface area (TPSA) is 143 Å². The molecule has 0 unspecified atom stereocenters. The summed E-state index contributed by atoms with van der Waals surface area (Å²) in [5.41, 5.74) is 6.41. The second kappa shape index (κ2) is 13.8. The number of aromatic amines is 1.